The van der Waals surface area contributed by atoms with Gasteiger partial charge in [0.1, 0.15) is 5.60 Å². The average molecular weight is 362 g/mol. The lowest BCUT2D eigenvalue weighted by Crippen LogP contribution is -2.58. The molecule has 2 nitrogen and oxygen atoms in total. The van der Waals surface area contributed by atoms with Gasteiger partial charge in [0.05, 0.1) is 0 Å². The molecule has 0 amide bonds. The minimum atomic E-state index is -6.53. The number of hydrogen-bond acceptors (Lipinski definition) is 2. The Hall–Kier alpha value is -1.02. The summed E-state index contributed by atoms with van der Waals surface area (Å²) >= 11 is 0. The zero-order valence-corrected chi connectivity index (χ0v) is 12.6. The Labute approximate surface area is 133 Å². The molecule has 0 N–H and O–H groups in total. The highest BCUT2D eigenvalue weighted by Gasteiger charge is 2.77. The van der Waals surface area contributed by atoms with E-state index in [2.05, 4.69) is 0 Å². The Morgan fingerprint density at radius 2 is 1.38 bits per heavy atom. The zero-order valence-electron chi connectivity index (χ0n) is 12.6. The van der Waals surface area contributed by atoms with Crippen LogP contribution in [0.15, 0.2) is 0 Å². The van der Waals surface area contributed by atoms with Crippen LogP contribution in [0.3, 0.4) is 0 Å². The van der Waals surface area contributed by atoms with Crippen LogP contribution in [0.4, 0.5) is 30.7 Å². The van der Waals surface area contributed by atoms with Crippen molar-refractivity contribution in [3.63, 3.8) is 0 Å². The summed E-state index contributed by atoms with van der Waals surface area (Å²) in [6.45, 7) is 0. The van der Waals surface area contributed by atoms with Gasteiger partial charge in [-0.25, -0.2) is 4.79 Å². The molecule has 0 aromatic carbocycles. The van der Waals surface area contributed by atoms with Crippen LogP contribution in [-0.2, 0) is 9.53 Å². The van der Waals surface area contributed by atoms with Crippen LogP contribution in [0, 0.1) is 17.8 Å². The fraction of sp³-hybridized carbons (Fsp3) is 0.933. The second-order valence-corrected chi connectivity index (χ2v) is 7.47. The lowest BCUT2D eigenvalue weighted by Gasteiger charge is -2.45. The van der Waals surface area contributed by atoms with Crippen molar-refractivity contribution in [1.82, 2.24) is 0 Å². The molecule has 4 atom stereocenters. The molecular formula is C15H17F7O2. The monoisotopic (exact) mass is 362 g/mol. The van der Waals surface area contributed by atoms with Crippen LogP contribution in [0.5, 0.6) is 0 Å². The minimum Gasteiger partial charge on any atom is -0.454 e. The number of halogens is 7. The molecule has 0 radical (unpaired) electrons. The van der Waals surface area contributed by atoms with Crippen molar-refractivity contribution in [2.75, 3.05) is 0 Å². The molecule has 4 saturated carbocycles. The van der Waals surface area contributed by atoms with Crippen molar-refractivity contribution in [1.29, 1.82) is 0 Å². The third kappa shape index (κ3) is 2.67. The van der Waals surface area contributed by atoms with Gasteiger partial charge >= 0.3 is 24.0 Å². The molecule has 2 unspecified atom stereocenters. The lowest BCUT2D eigenvalue weighted by molar-refractivity contribution is -0.350. The van der Waals surface area contributed by atoms with Gasteiger partial charge in [-0.1, -0.05) is 0 Å². The van der Waals surface area contributed by atoms with E-state index >= 15 is 0 Å². The second-order valence-electron chi connectivity index (χ2n) is 7.47. The van der Waals surface area contributed by atoms with E-state index < -0.39 is 29.6 Å². The Morgan fingerprint density at radius 1 is 0.875 bits per heavy atom. The molecule has 138 valence electrons. The molecule has 4 aliphatic carbocycles. The van der Waals surface area contributed by atoms with Gasteiger partial charge in [-0.2, -0.15) is 30.7 Å². The number of carbonyl (C=O) groups excluding carboxylic acids is 1. The maximum atomic E-state index is 13.5. The van der Waals surface area contributed by atoms with Crippen LogP contribution in [-0.4, -0.2) is 29.6 Å². The summed E-state index contributed by atoms with van der Waals surface area (Å²) in [5.74, 6) is -14.5. The van der Waals surface area contributed by atoms with Crippen LogP contribution in [0.2, 0.25) is 0 Å². The first kappa shape index (κ1) is 17.8. The molecule has 9 heteroatoms. The van der Waals surface area contributed by atoms with Gasteiger partial charge in [0.15, 0.2) is 0 Å². The van der Waals surface area contributed by atoms with Gasteiger partial charge in [-0.05, 0) is 62.7 Å². The van der Waals surface area contributed by atoms with Gasteiger partial charge in [0, 0.05) is 0 Å². The topological polar surface area (TPSA) is 26.3 Å². The van der Waals surface area contributed by atoms with Crippen molar-refractivity contribution in [3.8, 4) is 0 Å². The molecule has 4 bridgehead atoms. The highest BCUT2D eigenvalue weighted by molar-refractivity contribution is 5.79. The highest BCUT2D eigenvalue weighted by atomic mass is 19.4. The van der Waals surface area contributed by atoms with Crippen molar-refractivity contribution >= 4 is 5.97 Å². The molecule has 0 aromatic rings. The van der Waals surface area contributed by atoms with Crippen molar-refractivity contribution in [2.45, 2.75) is 68.6 Å². The van der Waals surface area contributed by atoms with Crippen molar-refractivity contribution in [3.05, 3.63) is 0 Å². The number of esters is 1. The third-order valence-electron chi connectivity index (χ3n) is 5.65. The second kappa shape index (κ2) is 5.24. The lowest BCUT2D eigenvalue weighted by atomic mass is 9.66. The Kier molecular flexibility index (Phi) is 3.88. The first-order valence-electron chi connectivity index (χ1n) is 7.92. The van der Waals surface area contributed by atoms with Gasteiger partial charge in [-0.15, -0.1) is 0 Å². The van der Waals surface area contributed by atoms with E-state index in [0.29, 0.717) is 12.3 Å². The minimum absolute atomic E-state index is 0.148. The van der Waals surface area contributed by atoms with Gasteiger partial charge in [-0.3, -0.25) is 0 Å². The number of hydrogen-bond donors (Lipinski definition) is 0. The van der Waals surface area contributed by atoms with E-state index in [4.69, 9.17) is 4.74 Å². The normalized spacial score (nSPS) is 36.5. The first-order chi connectivity index (χ1) is 10.9. The van der Waals surface area contributed by atoms with E-state index in [-0.39, 0.29) is 31.1 Å². The molecule has 4 fully saturated rings. The maximum absolute atomic E-state index is 13.5. The van der Waals surface area contributed by atoms with Gasteiger partial charge in [0.25, 0.3) is 0 Å². The molecule has 0 aromatic heterocycles. The number of carbonyl (C=O) groups is 1. The van der Waals surface area contributed by atoms with E-state index in [1.807, 2.05) is 0 Å². The fourth-order valence-corrected chi connectivity index (χ4v) is 4.78. The molecule has 0 spiro atoms. The molecule has 0 heterocycles. The fourth-order valence-electron chi connectivity index (χ4n) is 4.78. The highest BCUT2D eigenvalue weighted by Crippen LogP contribution is 2.55. The Morgan fingerprint density at radius 3 is 1.88 bits per heavy atom. The Balaban J connectivity index is 1.81. The van der Waals surface area contributed by atoms with Crippen LogP contribution in [0.1, 0.15) is 44.9 Å². The van der Waals surface area contributed by atoms with Crippen molar-refractivity contribution in [2.24, 2.45) is 17.8 Å². The Bertz CT molecular complexity index is 514. The van der Waals surface area contributed by atoms with Crippen LogP contribution < -0.4 is 0 Å². The largest absolute Gasteiger partial charge is 0.460 e. The summed E-state index contributed by atoms with van der Waals surface area (Å²) in [7, 11) is 0. The summed E-state index contributed by atoms with van der Waals surface area (Å²) < 4.78 is 94.5. The predicted octanol–water partition coefficient (Wildman–Crippen LogP) is 4.72. The molecule has 0 saturated heterocycles. The molecule has 24 heavy (non-hydrogen) atoms. The van der Waals surface area contributed by atoms with E-state index in [9.17, 15) is 35.5 Å². The standard InChI is InChI=1S/C15H17F7O2/c16-13(17,14(18,19)15(20,21)22)11(23)24-12-2-1-8-3-9(6-12)5-10(4-8)7-12/h8-10H,1-7H2/t8?,9-,10+,12?. The third-order valence-corrected chi connectivity index (χ3v) is 5.65. The first-order valence-corrected chi connectivity index (χ1v) is 7.92. The number of rotatable bonds is 3. The average Bonchev–Trinajstić information content (AvgIpc) is 2.61. The summed E-state index contributed by atoms with van der Waals surface area (Å²) in [6.07, 6.45) is -2.56. The van der Waals surface area contributed by atoms with Crippen LogP contribution >= 0.6 is 0 Å². The van der Waals surface area contributed by atoms with Crippen LogP contribution in [0.25, 0.3) is 0 Å². The number of fused-ring (bicyclic) bond motifs is 1. The smallest absolute Gasteiger partial charge is 0.454 e. The van der Waals surface area contributed by atoms with Gasteiger partial charge < -0.3 is 4.74 Å². The quantitative estimate of drug-likeness (QED) is 0.536. The van der Waals surface area contributed by atoms with Gasteiger partial charge in [0.2, 0.25) is 0 Å². The summed E-state index contributed by atoms with van der Waals surface area (Å²) in [5.41, 5.74) is -1.33. The van der Waals surface area contributed by atoms with E-state index in [1.54, 1.807) is 0 Å². The maximum Gasteiger partial charge on any atom is 0.460 e. The van der Waals surface area contributed by atoms with Crippen molar-refractivity contribution < 1.29 is 40.3 Å². The molecular weight excluding hydrogens is 345 g/mol. The van der Waals surface area contributed by atoms with E-state index in [1.165, 1.54) is 0 Å². The number of ether oxygens (including phenoxy) is 1. The molecule has 0 aliphatic heterocycles. The zero-order chi connectivity index (χ0) is 18.0. The summed E-state index contributed by atoms with van der Waals surface area (Å²) in [4.78, 5) is 11.6. The molecule has 4 aliphatic rings. The number of alkyl halides is 7. The summed E-state index contributed by atoms with van der Waals surface area (Å²) in [5, 5.41) is 0. The summed E-state index contributed by atoms with van der Waals surface area (Å²) in [6, 6.07) is 0. The SMILES string of the molecule is O=C(OC12CCC3C[C@H](C[C@H](C3)C1)C2)C(F)(F)C(F)(F)C(F)(F)F. The molecule has 4 rings (SSSR count). The predicted molar refractivity (Wildman–Crippen MR) is 67.6 cm³/mol. The van der Waals surface area contributed by atoms with E-state index in [0.717, 1.165) is 19.3 Å².